The zero-order valence-electron chi connectivity index (χ0n) is 25.1. The molecule has 1 aromatic carbocycles. The zero-order chi connectivity index (χ0) is 33.4. The number of hydrogen-bond donors (Lipinski definition) is 1. The molecule has 4 atom stereocenters. The highest BCUT2D eigenvalue weighted by Gasteiger charge is 2.46. The molecule has 5 heterocycles. The number of pyridine rings is 2. The van der Waals surface area contributed by atoms with Crippen LogP contribution in [0.1, 0.15) is 43.7 Å². The Balaban J connectivity index is 1.65. The number of phenols is 1. The topological polar surface area (TPSA) is 106 Å². The van der Waals surface area contributed by atoms with Gasteiger partial charge in [-0.15, -0.1) is 0 Å². The number of benzene rings is 1. The van der Waals surface area contributed by atoms with Crippen molar-refractivity contribution >= 4 is 57.9 Å². The summed E-state index contributed by atoms with van der Waals surface area (Å²) < 4.78 is 36.8. The number of amides is 1. The van der Waals surface area contributed by atoms with Gasteiger partial charge in [0.2, 0.25) is 5.91 Å². The van der Waals surface area contributed by atoms with Crippen LogP contribution in [0.5, 0.6) is 5.75 Å². The molecule has 1 saturated heterocycles. The maximum Gasteiger partial charge on any atom is 0.246 e. The van der Waals surface area contributed by atoms with Gasteiger partial charge in [0.05, 0.1) is 33.4 Å². The summed E-state index contributed by atoms with van der Waals surface area (Å²) in [5, 5.41) is 20.0. The van der Waals surface area contributed by atoms with E-state index in [1.165, 1.54) is 12.1 Å². The van der Waals surface area contributed by atoms with Crippen LogP contribution in [-0.2, 0) is 9.53 Å². The van der Waals surface area contributed by atoms with Gasteiger partial charge in [-0.1, -0.05) is 41.4 Å². The fourth-order valence-electron chi connectivity index (χ4n) is 6.64. The average Bonchev–Trinajstić information content (AvgIpc) is 3.02. The molecule has 6 rings (SSSR count). The van der Waals surface area contributed by atoms with E-state index in [4.69, 9.17) is 44.5 Å². The molecule has 0 saturated carbocycles. The number of carbonyl (C=O) groups is 1. The van der Waals surface area contributed by atoms with Crippen molar-refractivity contribution in [2.75, 3.05) is 18.0 Å². The molecule has 1 N–H and O–H groups in total. The summed E-state index contributed by atoms with van der Waals surface area (Å²) in [4.78, 5) is 27.3. The van der Waals surface area contributed by atoms with Gasteiger partial charge >= 0.3 is 0 Å². The molecule has 3 aliphatic rings. The summed E-state index contributed by atoms with van der Waals surface area (Å²) in [6.45, 7) is 11.8. The molecule has 3 aliphatic heterocycles. The highest BCUT2D eigenvalue weighted by Crippen LogP contribution is 2.53. The van der Waals surface area contributed by atoms with E-state index in [-0.39, 0.29) is 40.1 Å². The molecule has 0 spiro atoms. The Hall–Kier alpha value is -3.95. The van der Waals surface area contributed by atoms with Crippen LogP contribution in [0.15, 0.2) is 36.6 Å². The van der Waals surface area contributed by atoms with Gasteiger partial charge in [0.25, 0.3) is 0 Å². The molecule has 46 heavy (non-hydrogen) atoms. The second-order valence-electron chi connectivity index (χ2n) is 11.5. The first kappa shape index (κ1) is 32.0. The number of anilines is 2. The normalized spacial score (nSPS) is 22.2. The Bertz CT molecular complexity index is 1870. The molecule has 2 aromatic heterocycles. The van der Waals surface area contributed by atoms with E-state index in [1.807, 2.05) is 32.6 Å². The highest BCUT2D eigenvalue weighted by molar-refractivity contribution is 6.43. The summed E-state index contributed by atoms with van der Waals surface area (Å²) in [5.41, 5.74) is 2.13. The number of aromatic hydroxyl groups is 1. The Morgan fingerprint density at radius 2 is 1.85 bits per heavy atom. The molecular formula is C32H27Cl3F2N6O3. The van der Waals surface area contributed by atoms with Crippen LogP contribution in [0.2, 0.25) is 15.1 Å². The summed E-state index contributed by atoms with van der Waals surface area (Å²) in [6.07, 6.45) is 1.39. The van der Waals surface area contributed by atoms with E-state index in [2.05, 4.69) is 17.6 Å². The lowest BCUT2D eigenvalue weighted by Crippen LogP contribution is -2.58. The maximum atomic E-state index is 15.5. The van der Waals surface area contributed by atoms with E-state index < -0.39 is 45.3 Å². The van der Waals surface area contributed by atoms with Crippen LogP contribution in [0.25, 0.3) is 17.0 Å². The number of ether oxygens (including phenoxy) is 1. The minimum atomic E-state index is -1.49. The molecule has 9 nitrogen and oxygen atoms in total. The number of halogens is 5. The van der Waals surface area contributed by atoms with Crippen molar-refractivity contribution in [2.45, 2.75) is 52.1 Å². The lowest BCUT2D eigenvalue weighted by molar-refractivity contribution is -0.132. The number of fused-ring (bicyclic) bond motifs is 5. The predicted molar refractivity (Wildman–Crippen MR) is 171 cm³/mol. The summed E-state index contributed by atoms with van der Waals surface area (Å²) >= 11 is 18.6. The van der Waals surface area contributed by atoms with E-state index in [0.29, 0.717) is 35.7 Å². The largest absolute Gasteiger partial charge is 0.506 e. The van der Waals surface area contributed by atoms with Crippen molar-refractivity contribution < 1.29 is 23.4 Å². The van der Waals surface area contributed by atoms with E-state index >= 15 is 4.39 Å². The molecular weight excluding hydrogens is 661 g/mol. The fourth-order valence-corrected chi connectivity index (χ4v) is 7.23. The molecule has 1 fully saturated rings. The first-order valence-corrected chi connectivity index (χ1v) is 15.5. The van der Waals surface area contributed by atoms with Gasteiger partial charge in [0, 0.05) is 36.9 Å². The maximum absolute atomic E-state index is 15.5. The van der Waals surface area contributed by atoms with Gasteiger partial charge in [-0.05, 0) is 51.5 Å². The second kappa shape index (κ2) is 11.7. The molecule has 0 bridgehead atoms. The van der Waals surface area contributed by atoms with Crippen LogP contribution in [-0.4, -0.2) is 62.2 Å². The van der Waals surface area contributed by atoms with Crippen molar-refractivity contribution in [1.82, 2.24) is 19.8 Å². The van der Waals surface area contributed by atoms with Crippen LogP contribution >= 0.6 is 34.8 Å². The Morgan fingerprint density at radius 3 is 2.48 bits per heavy atom. The first-order valence-electron chi connectivity index (χ1n) is 14.3. The molecule has 238 valence electrons. The lowest BCUT2D eigenvalue weighted by Gasteiger charge is -2.49. The predicted octanol–water partition coefficient (Wildman–Crippen LogP) is 7.31. The second-order valence-corrected chi connectivity index (χ2v) is 12.6. The molecule has 1 amide bonds. The third-order valence-electron chi connectivity index (χ3n) is 8.55. The highest BCUT2D eigenvalue weighted by atomic mass is 35.5. The minimum Gasteiger partial charge on any atom is -0.506 e. The molecule has 2 unspecified atom stereocenters. The number of phenolic OH excluding ortho intramolecular Hbond substituents is 1. The third-order valence-corrected chi connectivity index (χ3v) is 9.66. The SMILES string of the molecule is C=CC(=O)N1[C@H](C)CN(C2=C(C#N)C3OC(C)c4nccc(C)c4N3c3nc(-c4c(O)c(Cl)c(Cl)c(F)c4F)c(Cl)cc32)C[C@@H]1C. The first-order chi connectivity index (χ1) is 21.8. The Kier molecular flexibility index (Phi) is 8.13. The zero-order valence-corrected chi connectivity index (χ0v) is 27.3. The van der Waals surface area contributed by atoms with Crippen molar-refractivity contribution in [3.8, 4) is 23.1 Å². The summed E-state index contributed by atoms with van der Waals surface area (Å²) in [5.74, 6) is -3.82. The molecule has 3 aromatic rings. The van der Waals surface area contributed by atoms with Crippen LogP contribution in [0.4, 0.5) is 20.3 Å². The van der Waals surface area contributed by atoms with Crippen molar-refractivity contribution in [3.05, 3.63) is 80.1 Å². The van der Waals surface area contributed by atoms with Crippen LogP contribution < -0.4 is 4.90 Å². The van der Waals surface area contributed by atoms with E-state index in [1.54, 1.807) is 22.1 Å². The van der Waals surface area contributed by atoms with Gasteiger partial charge in [-0.3, -0.25) is 14.7 Å². The fraction of sp³-hybridized carbons (Fsp3) is 0.312. The number of nitrogens with zero attached hydrogens (tertiary/aromatic N) is 6. The van der Waals surface area contributed by atoms with Crippen molar-refractivity contribution in [3.63, 3.8) is 0 Å². The van der Waals surface area contributed by atoms with Gasteiger partial charge in [-0.25, -0.2) is 13.8 Å². The number of carbonyl (C=O) groups excluding carboxylic acids is 1. The monoisotopic (exact) mass is 686 g/mol. The van der Waals surface area contributed by atoms with Gasteiger partial charge in [-0.2, -0.15) is 5.26 Å². The quantitative estimate of drug-likeness (QED) is 0.174. The molecule has 14 heteroatoms. The smallest absolute Gasteiger partial charge is 0.246 e. The van der Waals surface area contributed by atoms with Crippen molar-refractivity contribution in [1.29, 1.82) is 5.26 Å². The number of aromatic nitrogens is 2. The number of nitriles is 1. The Morgan fingerprint density at radius 1 is 1.17 bits per heavy atom. The van der Waals surface area contributed by atoms with Gasteiger partial charge in [0.1, 0.15) is 39.4 Å². The molecule has 0 aliphatic carbocycles. The summed E-state index contributed by atoms with van der Waals surface area (Å²) in [6, 6.07) is 5.09. The number of rotatable bonds is 3. The van der Waals surface area contributed by atoms with Crippen LogP contribution in [0.3, 0.4) is 0 Å². The summed E-state index contributed by atoms with van der Waals surface area (Å²) in [7, 11) is 0. The van der Waals surface area contributed by atoms with E-state index in [9.17, 15) is 19.6 Å². The number of aryl methyl sites for hydroxylation is 1. The van der Waals surface area contributed by atoms with Crippen molar-refractivity contribution in [2.24, 2.45) is 0 Å². The van der Waals surface area contributed by atoms with Gasteiger partial charge < -0.3 is 19.6 Å². The lowest BCUT2D eigenvalue weighted by atomic mass is 9.93. The number of hydrogen-bond acceptors (Lipinski definition) is 8. The third kappa shape index (κ3) is 4.70. The molecule has 0 radical (unpaired) electrons. The average molecular weight is 688 g/mol. The standard InChI is InChI=1S/C32H27Cl3F2N6O3/c1-6-20(44)42-14(3)11-41(12-15(42)4)29-17-9-19(33)27(21-24(36)25(37)22(34)23(35)30(21)45)40-31(17)43-28-13(2)7-8-39-26(28)16(5)46-32(43)18(29)10-38/h6-9,14-16,32,45H,1,11-12H2,2-5H3/t14-,15+,16?,32?. The Labute approximate surface area is 278 Å². The van der Waals surface area contributed by atoms with Gasteiger partial charge in [0.15, 0.2) is 17.9 Å². The van der Waals surface area contributed by atoms with Crippen LogP contribution in [0, 0.1) is 29.9 Å². The van der Waals surface area contributed by atoms with E-state index in [0.717, 1.165) is 5.56 Å². The number of piperazine rings is 1. The minimum absolute atomic E-state index is 0.157.